The van der Waals surface area contributed by atoms with Crippen molar-refractivity contribution in [2.45, 2.75) is 19.3 Å². The van der Waals surface area contributed by atoms with Gasteiger partial charge in [-0.05, 0) is 45.7 Å². The zero-order valence-electron chi connectivity index (χ0n) is 14.0. The molecule has 124 valence electrons. The van der Waals surface area contributed by atoms with Crippen molar-refractivity contribution < 1.29 is 9.53 Å². The quantitative estimate of drug-likeness (QED) is 0.683. The number of carbonyl (C=O) groups excluding carboxylic acids is 1. The Labute approximate surface area is 146 Å². The van der Waals surface area contributed by atoms with Gasteiger partial charge >= 0.3 is 5.97 Å². The fourth-order valence-corrected chi connectivity index (χ4v) is 4.11. The van der Waals surface area contributed by atoms with Crippen LogP contribution in [-0.2, 0) is 17.8 Å². The minimum atomic E-state index is -0.293. The zero-order chi connectivity index (χ0) is 17.0. The lowest BCUT2D eigenvalue weighted by Crippen LogP contribution is -2.39. The van der Waals surface area contributed by atoms with Gasteiger partial charge in [-0.25, -0.2) is 4.79 Å². The molecule has 0 aliphatic carbocycles. The molecule has 0 aromatic heterocycles. The predicted molar refractivity (Wildman–Crippen MR) is 97.3 cm³/mol. The molecule has 4 heteroatoms. The van der Waals surface area contributed by atoms with Crippen molar-refractivity contribution in [3.05, 3.63) is 76.9 Å². The highest BCUT2D eigenvalue weighted by Gasteiger charge is 2.32. The van der Waals surface area contributed by atoms with Crippen LogP contribution in [-0.4, -0.2) is 18.0 Å². The van der Waals surface area contributed by atoms with Crippen molar-refractivity contribution in [3.8, 4) is 0 Å². The Morgan fingerprint density at radius 1 is 1.08 bits per heavy atom. The molecule has 0 saturated heterocycles. The van der Waals surface area contributed by atoms with Crippen LogP contribution in [0.1, 0.15) is 33.2 Å². The molecule has 0 radical (unpaired) electrons. The van der Waals surface area contributed by atoms with Gasteiger partial charge < -0.3 is 10.1 Å². The van der Waals surface area contributed by atoms with Crippen LogP contribution in [0, 0.1) is 0 Å². The lowest BCUT2D eigenvalue weighted by molar-refractivity contribution is 0.0600. The van der Waals surface area contributed by atoms with Crippen LogP contribution in [0.15, 0.2) is 54.6 Å². The first-order valence-corrected chi connectivity index (χ1v) is 8.47. The van der Waals surface area contributed by atoms with Crippen molar-refractivity contribution >= 4 is 22.4 Å². The fourth-order valence-electron chi connectivity index (χ4n) is 4.11. The highest BCUT2D eigenvalue weighted by molar-refractivity contribution is 5.91. The number of carbonyl (C=O) groups is 1. The molecule has 1 atom stereocenters. The molecule has 25 heavy (non-hydrogen) atoms. The van der Waals surface area contributed by atoms with Crippen LogP contribution in [0.5, 0.6) is 0 Å². The van der Waals surface area contributed by atoms with Crippen LogP contribution in [0.2, 0.25) is 0 Å². The first-order valence-electron chi connectivity index (χ1n) is 8.47. The Morgan fingerprint density at radius 2 is 1.88 bits per heavy atom. The number of nitrogens with one attached hydrogen (secondary N) is 1. The fraction of sp³-hybridized carbons (Fsp3) is 0.190. The maximum atomic E-state index is 11.8. The van der Waals surface area contributed by atoms with Gasteiger partial charge in [-0.3, -0.25) is 4.90 Å². The van der Waals surface area contributed by atoms with Crippen molar-refractivity contribution in [1.29, 1.82) is 0 Å². The number of nitrogens with zero attached hydrogens (tertiary/aromatic N) is 1. The summed E-state index contributed by atoms with van der Waals surface area (Å²) < 4.78 is 4.85. The smallest absolute Gasteiger partial charge is 0.337 e. The Bertz CT molecular complexity index is 1010. The lowest BCUT2D eigenvalue weighted by atomic mass is 9.91. The Hall–Kier alpha value is -2.85. The maximum absolute atomic E-state index is 11.8. The molecule has 1 unspecified atom stereocenters. The molecular weight excluding hydrogens is 312 g/mol. The molecule has 2 heterocycles. The summed E-state index contributed by atoms with van der Waals surface area (Å²) in [6.45, 7) is 1.70. The number of ether oxygens (including phenoxy) is 1. The van der Waals surface area contributed by atoms with Crippen molar-refractivity contribution in [2.75, 3.05) is 12.4 Å². The van der Waals surface area contributed by atoms with E-state index in [2.05, 4.69) is 46.6 Å². The van der Waals surface area contributed by atoms with Gasteiger partial charge in [0.2, 0.25) is 0 Å². The summed E-state index contributed by atoms with van der Waals surface area (Å²) in [5.41, 5.74) is 5.50. The number of methoxy groups -OCH3 is 1. The number of hydrogen-bond acceptors (Lipinski definition) is 4. The van der Waals surface area contributed by atoms with Gasteiger partial charge in [0.1, 0.15) is 6.17 Å². The minimum absolute atomic E-state index is 0.162. The summed E-state index contributed by atoms with van der Waals surface area (Å²) in [4.78, 5) is 14.2. The molecule has 0 bridgehead atoms. The molecule has 2 aliphatic heterocycles. The molecule has 0 saturated carbocycles. The molecule has 3 aromatic rings. The van der Waals surface area contributed by atoms with Gasteiger partial charge in [0.25, 0.3) is 0 Å². The van der Waals surface area contributed by atoms with E-state index in [1.807, 2.05) is 18.2 Å². The second-order valence-corrected chi connectivity index (χ2v) is 6.68. The summed E-state index contributed by atoms with van der Waals surface area (Å²) in [5.74, 6) is -0.293. The number of esters is 1. The van der Waals surface area contributed by atoms with Crippen LogP contribution in [0.25, 0.3) is 10.8 Å². The maximum Gasteiger partial charge on any atom is 0.337 e. The van der Waals surface area contributed by atoms with Gasteiger partial charge in [0, 0.05) is 18.8 Å². The highest BCUT2D eigenvalue weighted by atomic mass is 16.5. The molecule has 2 aliphatic rings. The van der Waals surface area contributed by atoms with Gasteiger partial charge in [-0.2, -0.15) is 0 Å². The number of hydrogen-bond donors (Lipinski definition) is 1. The van der Waals surface area contributed by atoms with E-state index in [1.54, 1.807) is 0 Å². The topological polar surface area (TPSA) is 41.6 Å². The van der Waals surface area contributed by atoms with Gasteiger partial charge in [0.05, 0.1) is 12.7 Å². The monoisotopic (exact) mass is 330 g/mol. The number of anilines is 1. The predicted octanol–water partition coefficient (Wildman–Crippen LogP) is 4.07. The largest absolute Gasteiger partial charge is 0.465 e. The zero-order valence-corrected chi connectivity index (χ0v) is 14.0. The Morgan fingerprint density at radius 3 is 2.72 bits per heavy atom. The van der Waals surface area contributed by atoms with Crippen molar-refractivity contribution in [3.63, 3.8) is 0 Å². The highest BCUT2D eigenvalue weighted by Crippen LogP contribution is 2.41. The minimum Gasteiger partial charge on any atom is -0.465 e. The van der Waals surface area contributed by atoms with E-state index in [0.717, 1.165) is 24.3 Å². The second-order valence-electron chi connectivity index (χ2n) is 6.68. The van der Waals surface area contributed by atoms with Crippen LogP contribution < -0.4 is 5.32 Å². The first-order chi connectivity index (χ1) is 12.2. The number of fused-ring (bicyclic) bond motifs is 3. The third kappa shape index (κ3) is 2.14. The standard InChI is InChI=1S/C21H18N2O2/c1-25-21(24)14-8-9-18-16(10-14)12-23-11-15-6-2-4-13-5-3-7-17(19(13)15)20(23)22-18/h2-10,20,22H,11-12H2,1H3. The Balaban J connectivity index is 1.60. The molecule has 5 rings (SSSR count). The average molecular weight is 330 g/mol. The van der Waals surface area contributed by atoms with Crippen molar-refractivity contribution in [1.82, 2.24) is 4.90 Å². The van der Waals surface area contributed by atoms with E-state index in [9.17, 15) is 4.79 Å². The second kappa shape index (κ2) is 5.33. The molecule has 4 nitrogen and oxygen atoms in total. The third-order valence-corrected chi connectivity index (χ3v) is 5.25. The van der Waals surface area contributed by atoms with E-state index in [0.29, 0.717) is 5.56 Å². The first kappa shape index (κ1) is 14.5. The normalized spacial score (nSPS) is 18.2. The SMILES string of the molecule is COC(=O)c1ccc2c(c1)CN1Cc3cccc4cccc(c34)C1N2. The van der Waals surface area contributed by atoms with E-state index >= 15 is 0 Å². The van der Waals surface area contributed by atoms with Gasteiger partial charge in [-0.1, -0.05) is 36.4 Å². The van der Waals surface area contributed by atoms with E-state index in [4.69, 9.17) is 4.74 Å². The summed E-state index contributed by atoms with van der Waals surface area (Å²) in [6, 6.07) is 18.8. The van der Waals surface area contributed by atoms with Gasteiger partial charge in [0.15, 0.2) is 0 Å². The Kier molecular flexibility index (Phi) is 3.09. The number of rotatable bonds is 1. The molecule has 3 aromatic carbocycles. The van der Waals surface area contributed by atoms with Gasteiger partial charge in [-0.15, -0.1) is 0 Å². The summed E-state index contributed by atoms with van der Waals surface area (Å²) in [7, 11) is 1.41. The summed E-state index contributed by atoms with van der Waals surface area (Å²) >= 11 is 0. The molecular formula is C21H18N2O2. The number of benzene rings is 3. The van der Waals surface area contributed by atoms with Crippen molar-refractivity contribution in [2.24, 2.45) is 0 Å². The molecule has 0 fully saturated rings. The van der Waals surface area contributed by atoms with E-state index in [-0.39, 0.29) is 12.1 Å². The molecule has 0 amide bonds. The summed E-state index contributed by atoms with van der Waals surface area (Å²) in [6.07, 6.45) is 0.162. The van der Waals surface area contributed by atoms with Crippen LogP contribution in [0.3, 0.4) is 0 Å². The lowest BCUT2D eigenvalue weighted by Gasteiger charge is -2.42. The van der Waals surface area contributed by atoms with E-state index < -0.39 is 0 Å². The van der Waals surface area contributed by atoms with E-state index in [1.165, 1.54) is 29.0 Å². The average Bonchev–Trinajstić information content (AvgIpc) is 2.66. The van der Waals surface area contributed by atoms with Crippen LogP contribution in [0.4, 0.5) is 5.69 Å². The van der Waals surface area contributed by atoms with Crippen LogP contribution >= 0.6 is 0 Å². The third-order valence-electron chi connectivity index (χ3n) is 5.25. The molecule has 0 spiro atoms. The summed E-state index contributed by atoms with van der Waals surface area (Å²) in [5, 5.41) is 6.32. The molecule has 1 N–H and O–H groups in total.